The van der Waals surface area contributed by atoms with Crippen LogP contribution in [0.5, 0.6) is 0 Å². The first kappa shape index (κ1) is 22.4. The van der Waals surface area contributed by atoms with Crippen LogP contribution < -0.4 is 0 Å². The molecule has 0 rings (SSSR count). The molecule has 0 saturated heterocycles. The first-order valence-electron chi connectivity index (χ1n) is 1.72. The van der Waals surface area contributed by atoms with Crippen molar-refractivity contribution >= 4 is 0 Å². The summed E-state index contributed by atoms with van der Waals surface area (Å²) in [6.07, 6.45) is 1.97. The van der Waals surface area contributed by atoms with E-state index in [4.69, 9.17) is 0 Å². The first-order chi connectivity index (χ1) is 2.27. The van der Waals surface area contributed by atoms with Gasteiger partial charge in [0.1, 0.15) is 0 Å². The predicted octanol–water partition coefficient (Wildman–Crippen LogP) is 1.78. The molecule has 0 bridgehead atoms. The SMILES string of the molecule is C=C(C)[CH-]C.[Y].[Y].[Y]. The van der Waals surface area contributed by atoms with Crippen molar-refractivity contribution in [3.63, 3.8) is 0 Å². The third-order valence-corrected chi connectivity index (χ3v) is 0.493. The van der Waals surface area contributed by atoms with Crippen molar-refractivity contribution < 1.29 is 98.1 Å². The third kappa shape index (κ3) is 23.1. The number of hydrogen-bond acceptors (Lipinski definition) is 0. The van der Waals surface area contributed by atoms with Crippen LogP contribution in [0.3, 0.4) is 0 Å². The molecule has 0 aliphatic rings. The van der Waals surface area contributed by atoms with Gasteiger partial charge in [-0.25, -0.2) is 18.6 Å². The van der Waals surface area contributed by atoms with Crippen molar-refractivity contribution in [3.05, 3.63) is 18.6 Å². The summed E-state index contributed by atoms with van der Waals surface area (Å²) in [5.41, 5.74) is 1.13. The zero-order chi connectivity index (χ0) is 4.28. The predicted molar refractivity (Wildman–Crippen MR) is 24.8 cm³/mol. The molecule has 0 aromatic carbocycles. The Morgan fingerprint density at radius 2 is 1.38 bits per heavy atom. The molecule has 0 heterocycles. The van der Waals surface area contributed by atoms with Crippen LogP contribution in [0, 0.1) is 6.42 Å². The van der Waals surface area contributed by atoms with Gasteiger partial charge in [-0.3, -0.25) is 0 Å². The average Bonchev–Trinajstić information content (AvgIpc) is 1.38. The van der Waals surface area contributed by atoms with E-state index in [1.54, 1.807) is 0 Å². The molecular formula is C5H9Y3-. The van der Waals surface area contributed by atoms with Crippen LogP contribution in [0.4, 0.5) is 0 Å². The van der Waals surface area contributed by atoms with Crippen molar-refractivity contribution in [1.82, 2.24) is 0 Å². The van der Waals surface area contributed by atoms with E-state index in [1.165, 1.54) is 0 Å². The zero-order valence-electron chi connectivity index (χ0n) is 5.52. The summed E-state index contributed by atoms with van der Waals surface area (Å²) in [6.45, 7) is 7.56. The summed E-state index contributed by atoms with van der Waals surface area (Å²) in [4.78, 5) is 0. The normalized spacial score (nSPS) is 4.25. The minimum atomic E-state index is 0. The van der Waals surface area contributed by atoms with Gasteiger partial charge in [-0.15, -0.1) is 6.92 Å². The van der Waals surface area contributed by atoms with Crippen LogP contribution in [0.25, 0.3) is 0 Å². The van der Waals surface area contributed by atoms with E-state index in [1.807, 2.05) is 20.3 Å². The Morgan fingerprint density at radius 3 is 1.38 bits per heavy atom. The topological polar surface area (TPSA) is 0 Å². The van der Waals surface area contributed by atoms with E-state index >= 15 is 0 Å². The third-order valence-electron chi connectivity index (χ3n) is 0.493. The molecule has 0 atom stereocenters. The van der Waals surface area contributed by atoms with Crippen molar-refractivity contribution in [2.24, 2.45) is 0 Å². The fraction of sp³-hybridized carbons (Fsp3) is 0.400. The van der Waals surface area contributed by atoms with E-state index in [2.05, 4.69) is 6.58 Å². The van der Waals surface area contributed by atoms with Crippen LogP contribution in [-0.4, -0.2) is 0 Å². The Morgan fingerprint density at radius 1 is 1.25 bits per heavy atom. The van der Waals surface area contributed by atoms with Gasteiger partial charge in [0.15, 0.2) is 0 Å². The second-order valence-corrected chi connectivity index (χ2v) is 1.14. The number of rotatable bonds is 1. The fourth-order valence-corrected chi connectivity index (χ4v) is 0. The molecule has 0 aliphatic heterocycles. The maximum Gasteiger partial charge on any atom is 0 e. The van der Waals surface area contributed by atoms with Gasteiger partial charge in [0.25, 0.3) is 0 Å². The Hall–Kier alpha value is 2.92. The Balaban J connectivity index is -0.0000000267. The van der Waals surface area contributed by atoms with E-state index < -0.39 is 0 Å². The Kier molecular flexibility index (Phi) is 46.2. The second-order valence-electron chi connectivity index (χ2n) is 1.14. The molecule has 0 aliphatic carbocycles. The molecule has 0 spiro atoms. The molecule has 0 N–H and O–H groups in total. The van der Waals surface area contributed by atoms with Gasteiger partial charge in [-0.05, 0) is 0 Å². The molecule has 0 unspecified atom stereocenters. The van der Waals surface area contributed by atoms with Gasteiger partial charge in [0.2, 0.25) is 0 Å². The molecule has 0 amide bonds. The minimum Gasteiger partial charge on any atom is -0.242 e. The monoisotopic (exact) mass is 336 g/mol. The summed E-state index contributed by atoms with van der Waals surface area (Å²) in [5, 5.41) is 0. The van der Waals surface area contributed by atoms with E-state index in [0.717, 1.165) is 5.57 Å². The van der Waals surface area contributed by atoms with Gasteiger partial charge in [0.05, 0.1) is 0 Å². The molecule has 0 aromatic heterocycles. The van der Waals surface area contributed by atoms with Crippen molar-refractivity contribution in [2.75, 3.05) is 0 Å². The van der Waals surface area contributed by atoms with Crippen molar-refractivity contribution in [1.29, 1.82) is 0 Å². The summed E-state index contributed by atoms with van der Waals surface area (Å²) < 4.78 is 0. The van der Waals surface area contributed by atoms with Crippen LogP contribution in [-0.2, 0) is 98.1 Å². The molecular weight excluding hydrogens is 327 g/mol. The number of hydrogen-bond donors (Lipinski definition) is 0. The molecule has 0 saturated carbocycles. The smallest absolute Gasteiger partial charge is 0 e. The van der Waals surface area contributed by atoms with E-state index in [0.29, 0.717) is 0 Å². The average molecular weight is 336 g/mol. The quantitative estimate of drug-likeness (QED) is 0.641. The first-order valence-corrected chi connectivity index (χ1v) is 1.72. The van der Waals surface area contributed by atoms with Gasteiger partial charge < -0.3 is 0 Å². The van der Waals surface area contributed by atoms with Crippen molar-refractivity contribution in [3.8, 4) is 0 Å². The fourth-order valence-electron chi connectivity index (χ4n) is 0. The van der Waals surface area contributed by atoms with Gasteiger partial charge in [0, 0.05) is 98.1 Å². The van der Waals surface area contributed by atoms with Gasteiger partial charge in [-0.1, -0.05) is 6.92 Å². The van der Waals surface area contributed by atoms with Crippen LogP contribution in [0.2, 0.25) is 0 Å². The molecule has 39 valence electrons. The Bertz CT molecular complexity index is 42.9. The van der Waals surface area contributed by atoms with Crippen LogP contribution in [0.15, 0.2) is 12.2 Å². The molecule has 3 heteroatoms. The van der Waals surface area contributed by atoms with E-state index in [-0.39, 0.29) is 98.1 Å². The molecule has 3 radical (unpaired) electrons. The van der Waals surface area contributed by atoms with E-state index in [9.17, 15) is 0 Å². The number of allylic oxidation sites excluding steroid dienone is 1. The summed E-state index contributed by atoms with van der Waals surface area (Å²) >= 11 is 0. The zero-order valence-corrected chi connectivity index (χ0v) is 14.0. The van der Waals surface area contributed by atoms with Gasteiger partial charge >= 0.3 is 0 Å². The largest absolute Gasteiger partial charge is 0.242 e. The molecule has 0 nitrogen and oxygen atoms in total. The maximum atomic E-state index is 3.62. The van der Waals surface area contributed by atoms with Gasteiger partial charge in [-0.2, -0.15) is 0 Å². The second kappa shape index (κ2) is 16.5. The standard InChI is InChI=1S/C5H9.3Y/c1-4-5(2)3;;;/h4H,2H2,1,3H3;;;/q-1;;;. The summed E-state index contributed by atoms with van der Waals surface area (Å²) in [6, 6.07) is 0. The molecule has 0 fully saturated rings. The molecule has 8 heavy (non-hydrogen) atoms. The van der Waals surface area contributed by atoms with Crippen LogP contribution >= 0.6 is 0 Å². The minimum absolute atomic E-state index is 0. The molecule has 0 aromatic rings. The maximum absolute atomic E-state index is 3.62. The summed E-state index contributed by atoms with van der Waals surface area (Å²) in [7, 11) is 0. The Labute approximate surface area is 128 Å². The van der Waals surface area contributed by atoms with Crippen molar-refractivity contribution in [2.45, 2.75) is 13.8 Å². The van der Waals surface area contributed by atoms with Crippen LogP contribution in [0.1, 0.15) is 13.8 Å². The summed E-state index contributed by atoms with van der Waals surface area (Å²) in [5.74, 6) is 0.